The van der Waals surface area contributed by atoms with Gasteiger partial charge >= 0.3 is 6.03 Å². The van der Waals surface area contributed by atoms with E-state index < -0.39 is 0 Å². The van der Waals surface area contributed by atoms with Crippen LogP contribution in [-0.4, -0.2) is 49.6 Å². The van der Waals surface area contributed by atoms with E-state index in [1.165, 1.54) is 56.4 Å². The van der Waals surface area contributed by atoms with Gasteiger partial charge < -0.3 is 15.1 Å². The van der Waals surface area contributed by atoms with E-state index in [-0.39, 0.29) is 17.5 Å². The number of piperidine rings is 1. The molecule has 5 aliphatic rings. The van der Waals surface area contributed by atoms with Crippen LogP contribution in [0.1, 0.15) is 49.3 Å². The Labute approximate surface area is 174 Å². The second-order valence-corrected chi connectivity index (χ2v) is 10.7. The molecular formula is C25H33N3O. The number of nitrogens with zero attached hydrogens (tertiary/aromatic N) is 2. The Morgan fingerprint density at radius 2 is 1.93 bits per heavy atom. The summed E-state index contributed by atoms with van der Waals surface area (Å²) < 4.78 is 0. The second kappa shape index (κ2) is 6.10. The molecule has 1 aromatic carbocycles. The van der Waals surface area contributed by atoms with Crippen molar-refractivity contribution in [3.05, 3.63) is 47.5 Å². The van der Waals surface area contributed by atoms with E-state index in [0.717, 1.165) is 29.6 Å². The maximum absolute atomic E-state index is 12.3. The van der Waals surface area contributed by atoms with Gasteiger partial charge in [0, 0.05) is 26.1 Å². The maximum Gasteiger partial charge on any atom is 0.317 e. The summed E-state index contributed by atoms with van der Waals surface area (Å²) in [6, 6.07) is 9.00. The molecule has 154 valence electrons. The zero-order chi connectivity index (χ0) is 19.8. The molecule has 0 bridgehead atoms. The van der Waals surface area contributed by atoms with Gasteiger partial charge in [-0.2, -0.15) is 0 Å². The Morgan fingerprint density at radius 1 is 1.14 bits per heavy atom. The molecule has 4 nitrogen and oxygen atoms in total. The highest BCUT2D eigenvalue weighted by Crippen LogP contribution is 2.75. The van der Waals surface area contributed by atoms with Crippen molar-refractivity contribution < 1.29 is 4.79 Å². The third-order valence-corrected chi connectivity index (χ3v) is 9.06. The van der Waals surface area contributed by atoms with Crippen LogP contribution >= 0.6 is 0 Å². The lowest BCUT2D eigenvalue weighted by molar-refractivity contribution is 0.0354. The first-order valence-corrected chi connectivity index (χ1v) is 11.5. The van der Waals surface area contributed by atoms with Gasteiger partial charge in [0.05, 0.1) is 6.04 Å². The van der Waals surface area contributed by atoms with Crippen molar-refractivity contribution in [2.75, 3.05) is 33.7 Å². The summed E-state index contributed by atoms with van der Waals surface area (Å²) in [5.74, 6) is 2.73. The molecule has 1 saturated heterocycles. The lowest BCUT2D eigenvalue weighted by Crippen LogP contribution is -2.48. The van der Waals surface area contributed by atoms with E-state index in [1.807, 2.05) is 14.1 Å². The topological polar surface area (TPSA) is 35.6 Å². The first-order chi connectivity index (χ1) is 14.0. The number of rotatable bonds is 3. The van der Waals surface area contributed by atoms with Crippen molar-refractivity contribution in [2.45, 2.75) is 43.6 Å². The molecule has 0 aromatic heterocycles. The number of benzene rings is 1. The second-order valence-electron chi connectivity index (χ2n) is 10.7. The Bertz CT molecular complexity index is 869. The highest BCUT2D eigenvalue weighted by Gasteiger charge is 2.68. The molecule has 2 amide bonds. The molecule has 4 heteroatoms. The van der Waals surface area contributed by atoms with Gasteiger partial charge in [-0.15, -0.1) is 0 Å². The fourth-order valence-corrected chi connectivity index (χ4v) is 7.34. The van der Waals surface area contributed by atoms with Crippen molar-refractivity contribution in [1.29, 1.82) is 0 Å². The molecule has 5 atom stereocenters. The Hall–Kier alpha value is -1.81. The van der Waals surface area contributed by atoms with Gasteiger partial charge in [-0.25, -0.2) is 4.79 Å². The third kappa shape index (κ3) is 2.57. The maximum atomic E-state index is 12.3. The molecule has 1 N–H and O–H groups in total. The smallest absolute Gasteiger partial charge is 0.317 e. The zero-order valence-corrected chi connectivity index (χ0v) is 17.7. The van der Waals surface area contributed by atoms with Crippen LogP contribution in [0.4, 0.5) is 4.79 Å². The minimum atomic E-state index is 0.0150. The number of nitrogens with one attached hydrogen (secondary N) is 1. The monoisotopic (exact) mass is 391 g/mol. The first kappa shape index (κ1) is 18.0. The molecule has 3 fully saturated rings. The van der Waals surface area contributed by atoms with Crippen LogP contribution in [0.15, 0.2) is 36.4 Å². The molecule has 1 aromatic rings. The SMILES string of the molecule is CN(C)C(=O)N[C@H]1CC2(CCN(C[C@@H]3CC45C[C@@H]4C=C[C@H]35)CC2)c2ccccc21. The molecule has 1 unspecified atom stereocenters. The number of likely N-dealkylation sites (tertiary alicyclic amines) is 1. The van der Waals surface area contributed by atoms with Gasteiger partial charge in [-0.05, 0) is 79.5 Å². The highest BCUT2D eigenvalue weighted by molar-refractivity contribution is 5.74. The molecule has 1 heterocycles. The van der Waals surface area contributed by atoms with Crippen LogP contribution in [0.2, 0.25) is 0 Å². The molecule has 2 saturated carbocycles. The number of hydrogen-bond acceptors (Lipinski definition) is 2. The van der Waals surface area contributed by atoms with E-state index in [2.05, 4.69) is 46.6 Å². The van der Waals surface area contributed by atoms with Crippen molar-refractivity contribution >= 4 is 6.03 Å². The van der Waals surface area contributed by atoms with Gasteiger partial charge in [0.25, 0.3) is 0 Å². The lowest BCUT2D eigenvalue weighted by atomic mass is 9.62. The fourth-order valence-electron chi connectivity index (χ4n) is 7.34. The van der Waals surface area contributed by atoms with Crippen LogP contribution in [0.25, 0.3) is 0 Å². The third-order valence-electron chi connectivity index (χ3n) is 9.06. The van der Waals surface area contributed by atoms with Crippen molar-refractivity contribution in [3.63, 3.8) is 0 Å². The summed E-state index contributed by atoms with van der Waals surface area (Å²) in [5.41, 5.74) is 3.82. The molecular weight excluding hydrogens is 358 g/mol. The Kier molecular flexibility index (Phi) is 3.79. The normalized spacial score (nSPS) is 38.1. The van der Waals surface area contributed by atoms with Gasteiger partial charge in [-0.1, -0.05) is 36.4 Å². The largest absolute Gasteiger partial charge is 0.331 e. The van der Waals surface area contributed by atoms with Crippen LogP contribution in [-0.2, 0) is 5.41 Å². The molecule has 6 rings (SSSR count). The van der Waals surface area contributed by atoms with Crippen LogP contribution in [0.5, 0.6) is 0 Å². The Balaban J connectivity index is 1.13. The minimum Gasteiger partial charge on any atom is -0.331 e. The molecule has 1 aliphatic heterocycles. The standard InChI is InChI=1S/C25H33N3O/c1-27(2)23(29)26-22-15-24(21-6-4-3-5-19(21)22)9-11-28(12-10-24)16-17-13-25-14-18(25)7-8-20(17)25/h3-8,17-18,20,22H,9-16H2,1-2H3,(H,26,29)/t17-,18-,20+,22-,25?/m0/s1. The predicted molar refractivity (Wildman–Crippen MR) is 115 cm³/mol. The summed E-state index contributed by atoms with van der Waals surface area (Å²) in [6.45, 7) is 3.69. The number of amides is 2. The number of carbonyl (C=O) groups excluding carboxylic acids is 1. The van der Waals surface area contributed by atoms with Crippen molar-refractivity contribution in [3.8, 4) is 0 Å². The van der Waals surface area contributed by atoms with E-state index in [9.17, 15) is 4.79 Å². The number of fused-ring (bicyclic) bond motifs is 2. The van der Waals surface area contributed by atoms with Gasteiger partial charge in [0.2, 0.25) is 0 Å². The molecule has 2 spiro atoms. The quantitative estimate of drug-likeness (QED) is 0.792. The predicted octanol–water partition coefficient (Wildman–Crippen LogP) is 3.95. The Morgan fingerprint density at radius 3 is 2.66 bits per heavy atom. The lowest BCUT2D eigenvalue weighted by Gasteiger charge is -2.48. The summed E-state index contributed by atoms with van der Waals surface area (Å²) in [5, 5.41) is 3.27. The fraction of sp³-hybridized carbons (Fsp3) is 0.640. The van der Waals surface area contributed by atoms with Gasteiger partial charge in [0.15, 0.2) is 0 Å². The highest BCUT2D eigenvalue weighted by atomic mass is 16.2. The molecule has 4 aliphatic carbocycles. The molecule has 0 radical (unpaired) electrons. The van der Waals surface area contributed by atoms with E-state index in [1.54, 1.807) is 4.90 Å². The average molecular weight is 392 g/mol. The summed E-state index contributed by atoms with van der Waals surface area (Å²) in [4.78, 5) is 16.7. The molecule has 29 heavy (non-hydrogen) atoms. The average Bonchev–Trinajstić information content (AvgIpc) is 3.27. The summed E-state index contributed by atoms with van der Waals surface area (Å²) in [7, 11) is 3.64. The van der Waals surface area contributed by atoms with Crippen LogP contribution < -0.4 is 5.32 Å². The van der Waals surface area contributed by atoms with Crippen molar-refractivity contribution in [1.82, 2.24) is 15.1 Å². The van der Waals surface area contributed by atoms with E-state index in [4.69, 9.17) is 0 Å². The number of carbonyl (C=O) groups is 1. The number of urea groups is 1. The first-order valence-electron chi connectivity index (χ1n) is 11.5. The number of allylic oxidation sites excluding steroid dienone is 2. The van der Waals surface area contributed by atoms with E-state index >= 15 is 0 Å². The zero-order valence-electron chi connectivity index (χ0n) is 17.7. The summed E-state index contributed by atoms with van der Waals surface area (Å²) in [6.07, 6.45) is 11.5. The van der Waals surface area contributed by atoms with Gasteiger partial charge in [0.1, 0.15) is 0 Å². The minimum absolute atomic E-state index is 0.0150. The van der Waals surface area contributed by atoms with E-state index in [0.29, 0.717) is 0 Å². The number of hydrogen-bond donors (Lipinski definition) is 1. The van der Waals surface area contributed by atoms with Crippen LogP contribution in [0.3, 0.4) is 0 Å². The van der Waals surface area contributed by atoms with Crippen molar-refractivity contribution in [2.24, 2.45) is 23.2 Å². The van der Waals surface area contributed by atoms with Gasteiger partial charge in [-0.3, -0.25) is 0 Å². The van der Waals surface area contributed by atoms with Crippen LogP contribution in [0, 0.1) is 23.2 Å². The summed E-state index contributed by atoms with van der Waals surface area (Å²) >= 11 is 0.